The largest absolute Gasteiger partial charge is 0.0799 e. The quantitative estimate of drug-likeness (QED) is 0.701. The fourth-order valence-electron chi connectivity index (χ4n) is 1.01. The fraction of sp³-hybridized carbons (Fsp3) is 0.400. The third-order valence-corrected chi connectivity index (χ3v) is 11.3. The van der Waals surface area contributed by atoms with Gasteiger partial charge >= 0.3 is 0 Å². The Morgan fingerprint density at radius 1 is 1.15 bits per heavy atom. The van der Waals surface area contributed by atoms with E-state index in [1.807, 2.05) is 18.2 Å². The number of benzene rings is 1. The Bertz CT molecular complexity index is 327. The van der Waals surface area contributed by atoms with Gasteiger partial charge in [0.15, 0.2) is 0 Å². The highest BCUT2D eigenvalue weighted by Gasteiger charge is 2.30. The van der Waals surface area contributed by atoms with Crippen LogP contribution in [0.15, 0.2) is 30.3 Å². The van der Waals surface area contributed by atoms with Gasteiger partial charge in [-0.2, -0.15) is 0 Å². The van der Waals surface area contributed by atoms with Gasteiger partial charge < -0.3 is 0 Å². The van der Waals surface area contributed by atoms with Crippen LogP contribution in [-0.2, 0) is 11.8 Å². The molecular weight excluding hydrogens is 263 g/mol. The molecule has 0 aromatic heterocycles. The Kier molecular flexibility index (Phi) is 3.38. The van der Waals surface area contributed by atoms with Gasteiger partial charge in [0, 0.05) is 9.90 Å². The number of rotatable bonds is 1. The molecule has 1 aromatic rings. The molecule has 0 bridgehead atoms. The zero-order valence-electron chi connectivity index (χ0n) is 8.12. The molecule has 1 rings (SSSR count). The Morgan fingerprint density at radius 3 is 2.00 bits per heavy atom. The van der Waals surface area contributed by atoms with Gasteiger partial charge in [-0.1, -0.05) is 62.9 Å². The molecule has 0 heterocycles. The SMILES string of the molecule is CC(C)(C)[P@](=S)(Br)c1ccccc1. The summed E-state index contributed by atoms with van der Waals surface area (Å²) in [6, 6.07) is 10.3. The van der Waals surface area contributed by atoms with Crippen molar-refractivity contribution in [2.75, 3.05) is 0 Å². The topological polar surface area (TPSA) is 0 Å². The lowest BCUT2D eigenvalue weighted by atomic mass is 10.3. The Balaban J connectivity index is 3.17. The molecule has 0 N–H and O–H groups in total. The van der Waals surface area contributed by atoms with Gasteiger partial charge in [0.05, 0.1) is 0 Å². The monoisotopic (exact) mass is 276 g/mol. The number of hydrogen-bond donors (Lipinski definition) is 0. The summed E-state index contributed by atoms with van der Waals surface area (Å²) in [5, 5.41) is 1.40. The van der Waals surface area contributed by atoms with Gasteiger partial charge in [-0.25, -0.2) is 0 Å². The minimum absolute atomic E-state index is 0.143. The average molecular weight is 277 g/mol. The van der Waals surface area contributed by atoms with E-state index >= 15 is 0 Å². The fourth-order valence-corrected chi connectivity index (χ4v) is 3.41. The van der Waals surface area contributed by atoms with E-state index in [-0.39, 0.29) is 5.16 Å². The molecule has 0 aliphatic carbocycles. The highest BCUT2D eigenvalue weighted by atomic mass is 79.9. The second-order valence-corrected chi connectivity index (χ2v) is 13.2. The highest BCUT2D eigenvalue weighted by molar-refractivity contribution is 9.45. The minimum atomic E-state index is -1.58. The molecule has 3 heteroatoms. The maximum atomic E-state index is 5.68. The van der Waals surface area contributed by atoms with Crippen LogP contribution in [0, 0.1) is 0 Å². The first-order valence-corrected chi connectivity index (χ1v) is 9.03. The van der Waals surface area contributed by atoms with Gasteiger partial charge in [-0.05, 0) is 20.8 Å². The van der Waals surface area contributed by atoms with Gasteiger partial charge in [0.25, 0.3) is 0 Å². The van der Waals surface area contributed by atoms with E-state index in [0.29, 0.717) is 0 Å². The second kappa shape index (κ2) is 3.84. The predicted molar refractivity (Wildman–Crippen MR) is 69.0 cm³/mol. The molecule has 0 aliphatic rings. The second-order valence-electron chi connectivity index (χ2n) is 4.04. The Morgan fingerprint density at radius 2 is 1.62 bits per heavy atom. The summed E-state index contributed by atoms with van der Waals surface area (Å²) in [4.78, 5) is 0. The first kappa shape index (κ1) is 11.4. The van der Waals surface area contributed by atoms with Gasteiger partial charge in [0.1, 0.15) is 0 Å². The van der Waals surface area contributed by atoms with Crippen LogP contribution in [-0.4, -0.2) is 5.16 Å². The van der Waals surface area contributed by atoms with E-state index in [1.165, 1.54) is 5.30 Å². The van der Waals surface area contributed by atoms with Gasteiger partial charge in [0.2, 0.25) is 0 Å². The highest BCUT2D eigenvalue weighted by Crippen LogP contribution is 2.63. The van der Waals surface area contributed by atoms with Crippen LogP contribution in [0.3, 0.4) is 0 Å². The summed E-state index contributed by atoms with van der Waals surface area (Å²) in [5.41, 5.74) is 0. The minimum Gasteiger partial charge on any atom is -0.0799 e. The average Bonchev–Trinajstić information content (AvgIpc) is 2.04. The van der Waals surface area contributed by atoms with E-state index in [4.69, 9.17) is 11.8 Å². The summed E-state index contributed by atoms with van der Waals surface area (Å²) in [7, 11) is 0. The van der Waals surface area contributed by atoms with Gasteiger partial charge in [-0.3, -0.25) is 0 Å². The molecule has 0 spiro atoms. The van der Waals surface area contributed by atoms with Crippen LogP contribution < -0.4 is 5.30 Å². The Labute approximate surface area is 93.5 Å². The summed E-state index contributed by atoms with van der Waals surface area (Å²) < 4.78 is -1.58. The van der Waals surface area contributed by atoms with Crippen molar-refractivity contribution in [2.24, 2.45) is 0 Å². The third-order valence-electron chi connectivity index (χ3n) is 1.95. The van der Waals surface area contributed by atoms with Crippen molar-refractivity contribution < 1.29 is 0 Å². The first-order chi connectivity index (χ1) is 5.86. The van der Waals surface area contributed by atoms with E-state index in [2.05, 4.69) is 48.4 Å². The zero-order valence-corrected chi connectivity index (χ0v) is 11.4. The molecule has 1 aromatic carbocycles. The van der Waals surface area contributed by atoms with Crippen molar-refractivity contribution in [3.05, 3.63) is 30.3 Å². The van der Waals surface area contributed by atoms with Crippen LogP contribution in [0.1, 0.15) is 20.8 Å². The van der Waals surface area contributed by atoms with Crippen molar-refractivity contribution in [2.45, 2.75) is 25.9 Å². The number of halogens is 1. The summed E-state index contributed by atoms with van der Waals surface area (Å²) in [5.74, 6) is 0. The maximum absolute atomic E-state index is 5.68. The molecule has 72 valence electrons. The molecule has 13 heavy (non-hydrogen) atoms. The molecular formula is C10H14BrPS. The molecule has 0 unspecified atom stereocenters. The molecule has 0 saturated heterocycles. The van der Waals surface area contributed by atoms with Crippen molar-refractivity contribution in [3.63, 3.8) is 0 Å². The standard InChI is InChI=1S/C10H14BrPS/c1-10(2,3)12(11,13)9-7-5-4-6-8-9/h4-8H,1-3H3/t12-/m0/s1. The van der Waals surface area contributed by atoms with Crippen molar-refractivity contribution in [1.82, 2.24) is 0 Å². The van der Waals surface area contributed by atoms with Gasteiger partial charge in [-0.15, -0.1) is 0 Å². The molecule has 0 fully saturated rings. The summed E-state index contributed by atoms with van der Waals surface area (Å²) in [6.45, 7) is 6.57. The summed E-state index contributed by atoms with van der Waals surface area (Å²) >= 11 is 9.41. The summed E-state index contributed by atoms with van der Waals surface area (Å²) in [6.07, 6.45) is 0. The number of hydrogen-bond acceptors (Lipinski definition) is 1. The lowest BCUT2D eigenvalue weighted by Gasteiger charge is -2.30. The molecule has 1 atom stereocenters. The first-order valence-electron chi connectivity index (χ1n) is 4.21. The van der Waals surface area contributed by atoms with Crippen molar-refractivity contribution in [1.29, 1.82) is 0 Å². The molecule has 0 aliphatic heterocycles. The van der Waals surface area contributed by atoms with E-state index in [0.717, 1.165) is 0 Å². The molecule has 0 nitrogen and oxygen atoms in total. The maximum Gasteiger partial charge on any atom is 0.0491 e. The third kappa shape index (κ3) is 2.43. The molecule has 0 saturated carbocycles. The van der Waals surface area contributed by atoms with Crippen LogP contribution in [0.2, 0.25) is 0 Å². The predicted octanol–water partition coefficient (Wildman–Crippen LogP) is 3.90. The van der Waals surface area contributed by atoms with E-state index in [9.17, 15) is 0 Å². The van der Waals surface area contributed by atoms with Crippen molar-refractivity contribution >= 4 is 37.3 Å². The van der Waals surface area contributed by atoms with E-state index < -0.39 is 4.74 Å². The lowest BCUT2D eigenvalue weighted by Crippen LogP contribution is -2.18. The molecule has 0 radical (unpaired) electrons. The van der Waals surface area contributed by atoms with Crippen LogP contribution >= 0.6 is 20.2 Å². The van der Waals surface area contributed by atoms with Crippen LogP contribution in [0.4, 0.5) is 0 Å². The normalized spacial score (nSPS) is 16.6. The Hall–Kier alpha value is 0.350. The smallest absolute Gasteiger partial charge is 0.0491 e. The molecule has 0 amide bonds. The van der Waals surface area contributed by atoms with Crippen LogP contribution in [0.25, 0.3) is 0 Å². The van der Waals surface area contributed by atoms with E-state index in [1.54, 1.807) is 0 Å². The van der Waals surface area contributed by atoms with Crippen molar-refractivity contribution in [3.8, 4) is 0 Å². The zero-order chi connectivity index (χ0) is 10.1. The van der Waals surface area contributed by atoms with Crippen LogP contribution in [0.5, 0.6) is 0 Å². The lowest BCUT2D eigenvalue weighted by molar-refractivity contribution is 0.796.